The lowest BCUT2D eigenvalue weighted by molar-refractivity contribution is -0.119. The molecule has 1 aromatic heterocycles. The molecule has 6 heteroatoms. The van der Waals surface area contributed by atoms with Crippen LogP contribution in [0, 0.1) is 12.3 Å². The molecule has 0 bridgehead atoms. The van der Waals surface area contributed by atoms with Crippen LogP contribution in [0.25, 0.3) is 0 Å². The van der Waals surface area contributed by atoms with Gasteiger partial charge in [0.2, 0.25) is 5.91 Å². The number of amides is 3. The van der Waals surface area contributed by atoms with Crippen LogP contribution in [-0.4, -0.2) is 18.5 Å². The molecule has 0 aliphatic rings. The summed E-state index contributed by atoms with van der Waals surface area (Å²) in [5.41, 5.74) is 6.66. The van der Waals surface area contributed by atoms with Gasteiger partial charge in [0.25, 0.3) is 0 Å². The number of thiophene rings is 1. The zero-order valence-corrected chi connectivity index (χ0v) is 13.3. The number of hydrogen-bond acceptors (Lipinski definition) is 4. The maximum atomic E-state index is 11.6. The second-order valence-corrected chi connectivity index (χ2v) is 5.89. The van der Waals surface area contributed by atoms with Crippen molar-refractivity contribution < 1.29 is 9.59 Å². The van der Waals surface area contributed by atoms with E-state index in [1.807, 2.05) is 46.7 Å². The van der Waals surface area contributed by atoms with Crippen LogP contribution in [-0.2, 0) is 11.3 Å². The number of carbonyl (C=O) groups excluding carboxylic acids is 2. The molecule has 0 aliphatic heterocycles. The highest BCUT2D eigenvalue weighted by Crippen LogP contribution is 2.21. The maximum Gasteiger partial charge on any atom is 0.318 e. The van der Waals surface area contributed by atoms with E-state index in [-0.39, 0.29) is 6.42 Å². The number of rotatable bonds is 6. The molecular formula is C17H17N3O2S. The Morgan fingerprint density at radius 2 is 2.13 bits per heavy atom. The van der Waals surface area contributed by atoms with Crippen LogP contribution in [0.5, 0.6) is 0 Å². The van der Waals surface area contributed by atoms with E-state index < -0.39 is 11.9 Å². The molecule has 0 unspecified atom stereocenters. The molecule has 118 valence electrons. The third-order valence-electron chi connectivity index (χ3n) is 3.18. The molecule has 23 heavy (non-hydrogen) atoms. The molecule has 1 heterocycles. The number of imide groups is 1. The largest absolute Gasteiger partial charge is 0.366 e. The van der Waals surface area contributed by atoms with Gasteiger partial charge in [0.05, 0.1) is 6.54 Å². The van der Waals surface area contributed by atoms with E-state index >= 15 is 0 Å². The summed E-state index contributed by atoms with van der Waals surface area (Å²) >= 11 is 1.64. The molecule has 0 saturated carbocycles. The van der Waals surface area contributed by atoms with Crippen molar-refractivity contribution in [2.45, 2.75) is 13.0 Å². The summed E-state index contributed by atoms with van der Waals surface area (Å²) in [6.45, 7) is 1.11. The van der Waals surface area contributed by atoms with Gasteiger partial charge in [-0.25, -0.2) is 4.79 Å². The predicted octanol–water partition coefficient (Wildman–Crippen LogP) is 2.32. The SMILES string of the molecule is C#Cc1cccc(N(CCC(=O)NC(N)=O)Cc2cccs2)c1. The fourth-order valence-electron chi connectivity index (χ4n) is 2.12. The summed E-state index contributed by atoms with van der Waals surface area (Å²) in [5, 5.41) is 4.08. The van der Waals surface area contributed by atoms with Gasteiger partial charge < -0.3 is 10.6 Å². The summed E-state index contributed by atoms with van der Waals surface area (Å²) < 4.78 is 0. The fraction of sp³-hybridized carbons (Fsp3) is 0.176. The van der Waals surface area contributed by atoms with Crippen molar-refractivity contribution in [3.05, 3.63) is 52.2 Å². The smallest absolute Gasteiger partial charge is 0.318 e. The molecule has 3 N–H and O–H groups in total. The van der Waals surface area contributed by atoms with Crippen LogP contribution >= 0.6 is 11.3 Å². The number of nitrogens with zero attached hydrogens (tertiary/aromatic N) is 1. The Hall–Kier alpha value is -2.78. The number of carbonyl (C=O) groups is 2. The number of hydrogen-bond donors (Lipinski definition) is 2. The molecular weight excluding hydrogens is 310 g/mol. The average molecular weight is 327 g/mol. The minimum Gasteiger partial charge on any atom is -0.366 e. The molecule has 0 fully saturated rings. The summed E-state index contributed by atoms with van der Waals surface area (Å²) in [7, 11) is 0. The van der Waals surface area contributed by atoms with Gasteiger partial charge in [-0.2, -0.15) is 0 Å². The Labute approximate surface area is 139 Å². The molecule has 0 atom stereocenters. The van der Waals surface area contributed by atoms with Gasteiger partial charge >= 0.3 is 6.03 Å². The highest BCUT2D eigenvalue weighted by Gasteiger charge is 2.12. The van der Waals surface area contributed by atoms with Crippen LogP contribution in [0.2, 0.25) is 0 Å². The first-order chi connectivity index (χ1) is 11.1. The predicted molar refractivity (Wildman–Crippen MR) is 92.1 cm³/mol. The molecule has 0 radical (unpaired) electrons. The Balaban J connectivity index is 2.12. The lowest BCUT2D eigenvalue weighted by Crippen LogP contribution is -2.37. The van der Waals surface area contributed by atoms with Crippen molar-refractivity contribution in [2.24, 2.45) is 5.73 Å². The van der Waals surface area contributed by atoms with Gasteiger partial charge in [0.15, 0.2) is 0 Å². The molecule has 0 spiro atoms. The van der Waals surface area contributed by atoms with Gasteiger partial charge in [0.1, 0.15) is 0 Å². The van der Waals surface area contributed by atoms with Crippen molar-refractivity contribution in [3.63, 3.8) is 0 Å². The quantitative estimate of drug-likeness (QED) is 0.800. The van der Waals surface area contributed by atoms with Gasteiger partial charge in [-0.15, -0.1) is 17.8 Å². The zero-order chi connectivity index (χ0) is 16.7. The Kier molecular flexibility index (Phi) is 5.78. The summed E-state index contributed by atoms with van der Waals surface area (Å²) in [5.74, 6) is 2.21. The van der Waals surface area contributed by atoms with Gasteiger partial charge in [-0.05, 0) is 29.6 Å². The van der Waals surface area contributed by atoms with E-state index in [9.17, 15) is 9.59 Å². The molecule has 1 aromatic carbocycles. The third-order valence-corrected chi connectivity index (χ3v) is 4.04. The van der Waals surface area contributed by atoms with Gasteiger partial charge in [-0.1, -0.05) is 18.1 Å². The normalized spacial score (nSPS) is 9.87. The van der Waals surface area contributed by atoms with Crippen LogP contribution in [0.1, 0.15) is 16.9 Å². The van der Waals surface area contributed by atoms with Crippen molar-refractivity contribution in [3.8, 4) is 12.3 Å². The van der Waals surface area contributed by atoms with Crippen LogP contribution in [0.3, 0.4) is 0 Å². The van der Waals surface area contributed by atoms with Crippen LogP contribution in [0.4, 0.5) is 10.5 Å². The number of anilines is 1. The van der Waals surface area contributed by atoms with Crippen LogP contribution in [0.15, 0.2) is 41.8 Å². The maximum absolute atomic E-state index is 11.6. The van der Waals surface area contributed by atoms with Crippen molar-refractivity contribution in [1.82, 2.24) is 5.32 Å². The van der Waals surface area contributed by atoms with E-state index in [0.29, 0.717) is 13.1 Å². The Morgan fingerprint density at radius 1 is 1.30 bits per heavy atom. The third kappa shape index (κ3) is 5.16. The lowest BCUT2D eigenvalue weighted by atomic mass is 10.2. The average Bonchev–Trinajstić information content (AvgIpc) is 3.04. The van der Waals surface area contributed by atoms with Gasteiger partial charge in [-0.3, -0.25) is 10.1 Å². The molecule has 2 rings (SSSR count). The number of primary amides is 1. The molecule has 3 amide bonds. The minimum atomic E-state index is -0.839. The van der Waals surface area contributed by atoms with E-state index in [4.69, 9.17) is 12.2 Å². The number of urea groups is 1. The van der Waals surface area contributed by atoms with Crippen molar-refractivity contribution in [1.29, 1.82) is 0 Å². The summed E-state index contributed by atoms with van der Waals surface area (Å²) in [6.07, 6.45) is 5.61. The standard InChI is InChI=1S/C17H17N3O2S/c1-2-13-5-3-6-14(11-13)20(12-15-7-4-10-23-15)9-8-16(21)19-17(18)22/h1,3-7,10-11H,8-9,12H2,(H3,18,19,21,22). The first kappa shape index (κ1) is 16.6. The van der Waals surface area contributed by atoms with Crippen LogP contribution < -0.4 is 16.0 Å². The van der Waals surface area contributed by atoms with Gasteiger partial charge in [0, 0.05) is 29.1 Å². The first-order valence-corrected chi connectivity index (χ1v) is 7.89. The first-order valence-electron chi connectivity index (χ1n) is 7.02. The highest BCUT2D eigenvalue weighted by molar-refractivity contribution is 7.09. The van der Waals surface area contributed by atoms with E-state index in [1.54, 1.807) is 11.3 Å². The summed E-state index contributed by atoms with van der Waals surface area (Å²) in [6, 6.07) is 10.8. The monoisotopic (exact) mass is 327 g/mol. The second-order valence-electron chi connectivity index (χ2n) is 4.86. The molecule has 0 saturated heterocycles. The van der Waals surface area contributed by atoms with E-state index in [0.717, 1.165) is 11.3 Å². The van der Waals surface area contributed by atoms with E-state index in [2.05, 4.69) is 11.2 Å². The number of nitrogens with two attached hydrogens (primary N) is 1. The second kappa shape index (κ2) is 8.01. The topological polar surface area (TPSA) is 75.4 Å². The Morgan fingerprint density at radius 3 is 2.78 bits per heavy atom. The zero-order valence-electron chi connectivity index (χ0n) is 12.5. The highest BCUT2D eigenvalue weighted by atomic mass is 32.1. The minimum absolute atomic E-state index is 0.161. The molecule has 5 nitrogen and oxygen atoms in total. The lowest BCUT2D eigenvalue weighted by Gasteiger charge is -2.24. The Bertz CT molecular complexity index is 720. The van der Waals surface area contributed by atoms with E-state index in [1.165, 1.54) is 4.88 Å². The fourth-order valence-corrected chi connectivity index (χ4v) is 2.84. The summed E-state index contributed by atoms with van der Waals surface area (Å²) in [4.78, 5) is 25.6. The van der Waals surface area contributed by atoms with Crippen molar-refractivity contribution >= 4 is 29.0 Å². The number of terminal acetylenes is 1. The van der Waals surface area contributed by atoms with Crippen molar-refractivity contribution in [2.75, 3.05) is 11.4 Å². The molecule has 0 aliphatic carbocycles. The number of benzene rings is 1. The number of nitrogens with one attached hydrogen (secondary N) is 1. The molecule has 2 aromatic rings.